The molecular weight excluding hydrogens is 374 g/mol. The van der Waals surface area contributed by atoms with Crippen molar-refractivity contribution in [1.82, 2.24) is 0 Å². The number of esters is 1. The van der Waals surface area contributed by atoms with E-state index >= 15 is 0 Å². The molecule has 142 valence electrons. The molecule has 1 amide bonds. The summed E-state index contributed by atoms with van der Waals surface area (Å²) in [6, 6.07) is 11.6. The molecule has 0 saturated heterocycles. The van der Waals surface area contributed by atoms with E-state index in [2.05, 4.69) is 5.32 Å². The molecule has 2 aromatic rings. The van der Waals surface area contributed by atoms with Crippen LogP contribution >= 0.6 is 11.6 Å². The van der Waals surface area contributed by atoms with E-state index in [-0.39, 0.29) is 6.79 Å². The monoisotopic (exact) mass is 391 g/mol. The Bertz CT molecular complexity index is 839. The summed E-state index contributed by atoms with van der Waals surface area (Å²) in [5, 5.41) is 3.23. The van der Waals surface area contributed by atoms with Crippen molar-refractivity contribution in [3.05, 3.63) is 47.5 Å². The highest BCUT2D eigenvalue weighted by atomic mass is 35.5. The van der Waals surface area contributed by atoms with Crippen LogP contribution in [0.15, 0.2) is 42.5 Å². The van der Waals surface area contributed by atoms with Crippen molar-refractivity contribution >= 4 is 29.2 Å². The molecule has 2 atom stereocenters. The van der Waals surface area contributed by atoms with Gasteiger partial charge in [-0.1, -0.05) is 11.6 Å². The predicted octanol–water partition coefficient (Wildman–Crippen LogP) is 3.41. The van der Waals surface area contributed by atoms with E-state index in [1.165, 1.54) is 6.92 Å². The normalized spacial score (nSPS) is 14.2. The molecular formula is C19H18ClNO6. The summed E-state index contributed by atoms with van der Waals surface area (Å²) in [7, 11) is 0. The van der Waals surface area contributed by atoms with E-state index in [4.69, 9.17) is 30.5 Å². The molecule has 1 N–H and O–H groups in total. The van der Waals surface area contributed by atoms with Crippen LogP contribution in [0.5, 0.6) is 17.2 Å². The second kappa shape index (κ2) is 8.18. The van der Waals surface area contributed by atoms with Crippen LogP contribution in [0, 0.1) is 0 Å². The topological polar surface area (TPSA) is 83.1 Å². The van der Waals surface area contributed by atoms with E-state index in [0.717, 1.165) is 0 Å². The first-order valence-corrected chi connectivity index (χ1v) is 8.63. The Labute approximate surface area is 161 Å². The van der Waals surface area contributed by atoms with Crippen molar-refractivity contribution in [2.45, 2.75) is 26.1 Å². The molecule has 1 aliphatic rings. The van der Waals surface area contributed by atoms with Crippen LogP contribution in [-0.2, 0) is 14.3 Å². The molecule has 0 radical (unpaired) electrons. The summed E-state index contributed by atoms with van der Waals surface area (Å²) in [6.45, 7) is 3.17. The van der Waals surface area contributed by atoms with Gasteiger partial charge in [0.1, 0.15) is 5.75 Å². The van der Waals surface area contributed by atoms with Crippen LogP contribution in [0.4, 0.5) is 5.69 Å². The largest absolute Gasteiger partial charge is 0.479 e. The second-order valence-electron chi connectivity index (χ2n) is 5.85. The van der Waals surface area contributed by atoms with Crippen LogP contribution in [0.2, 0.25) is 5.02 Å². The number of amides is 1. The fourth-order valence-electron chi connectivity index (χ4n) is 2.31. The molecule has 27 heavy (non-hydrogen) atoms. The zero-order valence-corrected chi connectivity index (χ0v) is 15.5. The maximum atomic E-state index is 12.3. The third-order valence-corrected chi connectivity index (χ3v) is 4.01. The van der Waals surface area contributed by atoms with Gasteiger partial charge in [0.2, 0.25) is 6.79 Å². The number of nitrogens with one attached hydrogen (secondary N) is 1. The highest BCUT2D eigenvalue weighted by molar-refractivity contribution is 6.30. The summed E-state index contributed by atoms with van der Waals surface area (Å²) in [5.74, 6) is 0.503. The lowest BCUT2D eigenvalue weighted by Gasteiger charge is -2.18. The molecule has 0 bridgehead atoms. The summed E-state index contributed by atoms with van der Waals surface area (Å²) in [5.41, 5.74) is 0.512. The fraction of sp³-hybridized carbons (Fsp3) is 0.263. The lowest BCUT2D eigenvalue weighted by Crippen LogP contribution is -2.35. The number of fused-ring (bicyclic) bond motifs is 1. The number of benzene rings is 2. The third-order valence-electron chi connectivity index (χ3n) is 3.76. The maximum absolute atomic E-state index is 12.3. The molecule has 8 heteroatoms. The molecule has 7 nitrogen and oxygen atoms in total. The number of carbonyl (C=O) groups is 2. The summed E-state index contributed by atoms with van der Waals surface area (Å²) < 4.78 is 21.1. The highest BCUT2D eigenvalue weighted by Crippen LogP contribution is 2.34. The standard InChI is InChI=1S/C19H18ClNO6/c1-11(18(22)21-14-5-8-16-17(9-14)25-10-24-16)27-19(23)12(2)26-15-6-3-13(20)4-7-15/h3-9,11-12H,10H2,1-2H3,(H,21,22)/t11-,12+/m0/s1. The Morgan fingerprint density at radius 2 is 1.74 bits per heavy atom. The van der Waals surface area contributed by atoms with Crippen LogP contribution in [0.3, 0.4) is 0 Å². The summed E-state index contributed by atoms with van der Waals surface area (Å²) in [4.78, 5) is 24.4. The van der Waals surface area contributed by atoms with Crippen LogP contribution in [-0.4, -0.2) is 30.9 Å². The van der Waals surface area contributed by atoms with Gasteiger partial charge in [0.25, 0.3) is 5.91 Å². The maximum Gasteiger partial charge on any atom is 0.347 e. The van der Waals surface area contributed by atoms with Crippen molar-refractivity contribution in [3.8, 4) is 17.2 Å². The fourth-order valence-corrected chi connectivity index (χ4v) is 2.43. The Morgan fingerprint density at radius 1 is 1.04 bits per heavy atom. The average Bonchev–Trinajstić information content (AvgIpc) is 3.11. The van der Waals surface area contributed by atoms with Gasteiger partial charge in [-0.05, 0) is 50.2 Å². The molecule has 0 spiro atoms. The van der Waals surface area contributed by atoms with Gasteiger partial charge in [0.15, 0.2) is 23.7 Å². The molecule has 0 aromatic heterocycles. The van der Waals surface area contributed by atoms with Gasteiger partial charge in [0.05, 0.1) is 0 Å². The van der Waals surface area contributed by atoms with E-state index in [1.54, 1.807) is 49.4 Å². The summed E-state index contributed by atoms with van der Waals surface area (Å²) >= 11 is 5.81. The van der Waals surface area contributed by atoms with Gasteiger partial charge in [-0.2, -0.15) is 0 Å². The highest BCUT2D eigenvalue weighted by Gasteiger charge is 2.24. The smallest absolute Gasteiger partial charge is 0.347 e. The molecule has 0 unspecified atom stereocenters. The van der Waals surface area contributed by atoms with Crippen molar-refractivity contribution in [1.29, 1.82) is 0 Å². The molecule has 1 heterocycles. The minimum Gasteiger partial charge on any atom is -0.479 e. The number of halogens is 1. The average molecular weight is 392 g/mol. The van der Waals surface area contributed by atoms with Crippen molar-refractivity contribution in [3.63, 3.8) is 0 Å². The second-order valence-corrected chi connectivity index (χ2v) is 6.29. The van der Waals surface area contributed by atoms with E-state index in [1.807, 2.05) is 0 Å². The third kappa shape index (κ3) is 4.83. The first-order chi connectivity index (χ1) is 12.9. The lowest BCUT2D eigenvalue weighted by molar-refractivity contribution is -0.159. The minimum atomic E-state index is -1.00. The van der Waals surface area contributed by atoms with Crippen LogP contribution < -0.4 is 19.5 Å². The zero-order chi connectivity index (χ0) is 19.4. The predicted molar refractivity (Wildman–Crippen MR) is 98.3 cm³/mol. The SMILES string of the molecule is C[C@H](OC(=O)[C@@H](C)Oc1ccc(Cl)cc1)C(=O)Nc1ccc2c(c1)OCO2. The number of hydrogen-bond donors (Lipinski definition) is 1. The van der Waals surface area contributed by atoms with Gasteiger partial charge in [0, 0.05) is 16.8 Å². The number of hydrogen-bond acceptors (Lipinski definition) is 6. The first kappa shape index (κ1) is 18.8. The summed E-state index contributed by atoms with van der Waals surface area (Å²) in [6.07, 6.45) is -1.88. The van der Waals surface area contributed by atoms with Gasteiger partial charge in [-0.3, -0.25) is 4.79 Å². The molecule has 2 aromatic carbocycles. The molecule has 3 rings (SSSR count). The molecule has 0 saturated carbocycles. The van der Waals surface area contributed by atoms with Gasteiger partial charge >= 0.3 is 5.97 Å². The molecule has 0 fully saturated rings. The number of anilines is 1. The van der Waals surface area contributed by atoms with Crippen LogP contribution in [0.1, 0.15) is 13.8 Å². The van der Waals surface area contributed by atoms with E-state index in [0.29, 0.717) is 28.0 Å². The van der Waals surface area contributed by atoms with Crippen molar-refractivity contribution in [2.24, 2.45) is 0 Å². The molecule has 1 aliphatic heterocycles. The Morgan fingerprint density at radius 3 is 2.48 bits per heavy atom. The Kier molecular flexibility index (Phi) is 5.71. The zero-order valence-electron chi connectivity index (χ0n) is 14.7. The number of rotatable bonds is 6. The van der Waals surface area contributed by atoms with Crippen LogP contribution in [0.25, 0.3) is 0 Å². The Balaban J connectivity index is 1.52. The first-order valence-electron chi connectivity index (χ1n) is 8.25. The van der Waals surface area contributed by atoms with Crippen molar-refractivity contribution in [2.75, 3.05) is 12.1 Å². The van der Waals surface area contributed by atoms with Crippen molar-refractivity contribution < 1.29 is 28.5 Å². The lowest BCUT2D eigenvalue weighted by atomic mass is 10.2. The van der Waals surface area contributed by atoms with E-state index in [9.17, 15) is 9.59 Å². The molecule has 0 aliphatic carbocycles. The quantitative estimate of drug-likeness (QED) is 0.760. The minimum absolute atomic E-state index is 0.145. The Hall–Kier alpha value is -2.93. The van der Waals surface area contributed by atoms with Gasteiger partial charge in [-0.25, -0.2) is 4.79 Å². The van der Waals surface area contributed by atoms with Gasteiger partial charge < -0.3 is 24.3 Å². The number of ether oxygens (including phenoxy) is 4. The van der Waals surface area contributed by atoms with E-state index < -0.39 is 24.1 Å². The van der Waals surface area contributed by atoms with Gasteiger partial charge in [-0.15, -0.1) is 0 Å². The number of carbonyl (C=O) groups excluding carboxylic acids is 2.